The van der Waals surface area contributed by atoms with E-state index < -0.39 is 16.4 Å². The average molecular weight is 327 g/mol. The van der Waals surface area contributed by atoms with E-state index in [-0.39, 0.29) is 16.4 Å². The number of nitrogens with one attached hydrogen (secondary N) is 1. The molecular weight excluding hydrogens is 316 g/mol. The fourth-order valence-corrected chi connectivity index (χ4v) is 2.54. The van der Waals surface area contributed by atoms with Crippen molar-refractivity contribution in [2.75, 3.05) is 0 Å². The highest BCUT2D eigenvalue weighted by Gasteiger charge is 2.28. The molecule has 0 fully saturated rings. The topological polar surface area (TPSA) is 98.0 Å². The lowest BCUT2D eigenvalue weighted by Crippen LogP contribution is -2.41. The van der Waals surface area contributed by atoms with E-state index >= 15 is 0 Å². The van der Waals surface area contributed by atoms with Crippen molar-refractivity contribution in [3.8, 4) is 0 Å². The van der Waals surface area contributed by atoms with E-state index in [0.29, 0.717) is 5.01 Å². The van der Waals surface area contributed by atoms with Crippen LogP contribution in [0.4, 0.5) is 5.69 Å². The number of thiazole rings is 1. The van der Waals surface area contributed by atoms with Gasteiger partial charge in [-0.15, -0.1) is 11.3 Å². The summed E-state index contributed by atoms with van der Waals surface area (Å²) < 4.78 is 0. The third-order valence-corrected chi connectivity index (χ3v) is 4.07. The van der Waals surface area contributed by atoms with Crippen LogP contribution in [0, 0.1) is 10.1 Å². The summed E-state index contributed by atoms with van der Waals surface area (Å²) in [4.78, 5) is 30.2. The van der Waals surface area contributed by atoms with Crippen LogP contribution >= 0.6 is 22.9 Å². The molecule has 0 aliphatic heterocycles. The van der Waals surface area contributed by atoms with Gasteiger partial charge in [-0.2, -0.15) is 0 Å². The fourth-order valence-electron chi connectivity index (χ4n) is 1.63. The van der Waals surface area contributed by atoms with Crippen LogP contribution < -0.4 is 5.32 Å². The Hall–Kier alpha value is -2.06. The van der Waals surface area contributed by atoms with Gasteiger partial charge in [-0.05, 0) is 13.8 Å². The third kappa shape index (κ3) is 3.34. The number of pyridine rings is 1. The van der Waals surface area contributed by atoms with Gasteiger partial charge in [0.1, 0.15) is 16.4 Å². The van der Waals surface area contributed by atoms with Gasteiger partial charge in [0.2, 0.25) is 0 Å². The van der Waals surface area contributed by atoms with Gasteiger partial charge in [0.05, 0.1) is 16.0 Å². The Bertz CT molecular complexity index is 688. The monoisotopic (exact) mass is 326 g/mol. The van der Waals surface area contributed by atoms with E-state index in [1.807, 2.05) is 0 Å². The molecule has 2 aromatic heterocycles. The Balaban J connectivity index is 2.28. The number of nitro groups is 1. The molecule has 1 amide bonds. The first kappa shape index (κ1) is 15.3. The molecule has 9 heteroatoms. The van der Waals surface area contributed by atoms with Gasteiger partial charge in [-0.25, -0.2) is 9.97 Å². The van der Waals surface area contributed by atoms with Gasteiger partial charge in [0.25, 0.3) is 11.6 Å². The van der Waals surface area contributed by atoms with E-state index in [2.05, 4.69) is 15.3 Å². The smallest absolute Gasteiger partial charge is 0.288 e. The summed E-state index contributed by atoms with van der Waals surface area (Å²) in [6, 6.07) is 1.10. The van der Waals surface area contributed by atoms with E-state index in [1.165, 1.54) is 11.3 Å². The summed E-state index contributed by atoms with van der Waals surface area (Å²) in [7, 11) is 0. The second kappa shape index (κ2) is 5.74. The fraction of sp³-hybridized carbons (Fsp3) is 0.250. The number of hydrogen-bond donors (Lipinski definition) is 1. The quantitative estimate of drug-likeness (QED) is 0.529. The molecule has 0 spiro atoms. The lowest BCUT2D eigenvalue weighted by atomic mass is 10.1. The van der Waals surface area contributed by atoms with E-state index in [9.17, 15) is 14.9 Å². The van der Waals surface area contributed by atoms with Crippen molar-refractivity contribution in [3.05, 3.63) is 49.7 Å². The Morgan fingerprint density at radius 1 is 1.48 bits per heavy atom. The van der Waals surface area contributed by atoms with Gasteiger partial charge in [-0.1, -0.05) is 11.6 Å². The maximum Gasteiger partial charge on any atom is 0.288 e. The Labute approximate surface area is 129 Å². The van der Waals surface area contributed by atoms with Crippen LogP contribution in [0.25, 0.3) is 0 Å². The molecule has 0 saturated carbocycles. The van der Waals surface area contributed by atoms with Crippen molar-refractivity contribution in [1.82, 2.24) is 15.3 Å². The predicted molar refractivity (Wildman–Crippen MR) is 78.5 cm³/mol. The molecule has 0 unspecified atom stereocenters. The normalized spacial score (nSPS) is 11.2. The van der Waals surface area contributed by atoms with Crippen LogP contribution in [0.1, 0.15) is 29.2 Å². The zero-order valence-corrected chi connectivity index (χ0v) is 12.7. The van der Waals surface area contributed by atoms with Crippen LogP contribution in [-0.4, -0.2) is 20.8 Å². The number of rotatable bonds is 4. The molecule has 110 valence electrons. The summed E-state index contributed by atoms with van der Waals surface area (Å²) in [6.07, 6.45) is 2.64. The van der Waals surface area contributed by atoms with Crippen molar-refractivity contribution in [2.24, 2.45) is 0 Å². The van der Waals surface area contributed by atoms with Crippen molar-refractivity contribution in [1.29, 1.82) is 0 Å². The molecule has 0 bridgehead atoms. The minimum Gasteiger partial charge on any atom is -0.341 e. The van der Waals surface area contributed by atoms with Crippen LogP contribution in [-0.2, 0) is 5.54 Å². The molecule has 0 aliphatic carbocycles. The van der Waals surface area contributed by atoms with Crippen molar-refractivity contribution in [3.63, 3.8) is 0 Å². The van der Waals surface area contributed by atoms with Gasteiger partial charge in [0, 0.05) is 17.6 Å². The SMILES string of the molecule is CC(C)(NC(=O)c1cc([N+](=O)[O-])cnc1Cl)c1nccs1. The van der Waals surface area contributed by atoms with Gasteiger partial charge in [-0.3, -0.25) is 14.9 Å². The lowest BCUT2D eigenvalue weighted by Gasteiger charge is -2.23. The number of nitrogens with zero attached hydrogens (tertiary/aromatic N) is 3. The molecule has 7 nitrogen and oxygen atoms in total. The highest BCUT2D eigenvalue weighted by atomic mass is 35.5. The molecule has 1 N–H and O–H groups in total. The molecular formula is C12H11ClN4O3S. The third-order valence-electron chi connectivity index (χ3n) is 2.67. The van der Waals surface area contributed by atoms with Crippen LogP contribution in [0.15, 0.2) is 23.8 Å². The molecule has 2 rings (SSSR count). The Morgan fingerprint density at radius 2 is 2.19 bits per heavy atom. The molecule has 0 aliphatic rings. The lowest BCUT2D eigenvalue weighted by molar-refractivity contribution is -0.385. The highest BCUT2D eigenvalue weighted by molar-refractivity contribution is 7.09. The minimum absolute atomic E-state index is 0.0458. The molecule has 0 saturated heterocycles. The molecule has 0 atom stereocenters. The summed E-state index contributed by atoms with van der Waals surface area (Å²) in [5.74, 6) is -0.545. The van der Waals surface area contributed by atoms with Crippen molar-refractivity contribution < 1.29 is 9.72 Å². The van der Waals surface area contributed by atoms with Gasteiger partial charge < -0.3 is 5.32 Å². The van der Waals surface area contributed by atoms with Crippen molar-refractivity contribution in [2.45, 2.75) is 19.4 Å². The molecule has 0 radical (unpaired) electrons. The van der Waals surface area contributed by atoms with E-state index in [1.54, 1.807) is 25.4 Å². The zero-order chi connectivity index (χ0) is 15.6. The molecule has 2 heterocycles. The van der Waals surface area contributed by atoms with E-state index in [4.69, 9.17) is 11.6 Å². The standard InChI is InChI=1S/C12H11ClN4O3S/c1-12(2,11-14-3-4-21-11)16-10(18)8-5-7(17(19)20)6-15-9(8)13/h3-6H,1-2H3,(H,16,18). The van der Waals surface area contributed by atoms with Crippen LogP contribution in [0.2, 0.25) is 5.15 Å². The summed E-state index contributed by atoms with van der Waals surface area (Å²) in [5, 5.41) is 15.9. The number of halogens is 1. The number of carbonyl (C=O) groups excluding carboxylic acids is 1. The predicted octanol–water partition coefficient (Wildman–Crippen LogP) is 2.76. The number of amides is 1. The maximum absolute atomic E-state index is 12.3. The first-order chi connectivity index (χ1) is 9.81. The van der Waals surface area contributed by atoms with E-state index in [0.717, 1.165) is 12.3 Å². The number of aromatic nitrogens is 2. The number of hydrogen-bond acceptors (Lipinski definition) is 6. The zero-order valence-electron chi connectivity index (χ0n) is 11.2. The van der Waals surface area contributed by atoms with Crippen LogP contribution in [0.5, 0.6) is 0 Å². The number of carbonyl (C=O) groups is 1. The summed E-state index contributed by atoms with van der Waals surface area (Å²) in [5.41, 5.74) is -1.06. The minimum atomic E-state index is -0.723. The van der Waals surface area contributed by atoms with Gasteiger partial charge >= 0.3 is 0 Å². The second-order valence-corrected chi connectivity index (χ2v) is 5.96. The molecule has 2 aromatic rings. The first-order valence-electron chi connectivity index (χ1n) is 5.83. The average Bonchev–Trinajstić information content (AvgIpc) is 2.92. The molecule has 21 heavy (non-hydrogen) atoms. The Kier molecular flexibility index (Phi) is 4.19. The molecule has 0 aromatic carbocycles. The highest BCUT2D eigenvalue weighted by Crippen LogP contribution is 2.24. The maximum atomic E-state index is 12.3. The Morgan fingerprint density at radius 3 is 2.76 bits per heavy atom. The largest absolute Gasteiger partial charge is 0.341 e. The van der Waals surface area contributed by atoms with Gasteiger partial charge in [0.15, 0.2) is 0 Å². The first-order valence-corrected chi connectivity index (χ1v) is 7.09. The second-order valence-electron chi connectivity index (χ2n) is 4.71. The van der Waals surface area contributed by atoms with Crippen LogP contribution in [0.3, 0.4) is 0 Å². The summed E-state index contributed by atoms with van der Waals surface area (Å²) >= 11 is 7.24. The summed E-state index contributed by atoms with van der Waals surface area (Å²) in [6.45, 7) is 3.56. The van der Waals surface area contributed by atoms with Crippen molar-refractivity contribution >= 4 is 34.5 Å².